The van der Waals surface area contributed by atoms with Gasteiger partial charge in [-0.1, -0.05) is 29.8 Å². The highest BCUT2D eigenvalue weighted by molar-refractivity contribution is 6.31. The molecule has 1 unspecified atom stereocenters. The maximum absolute atomic E-state index is 13.7. The Hall–Kier alpha value is -1.58. The first-order chi connectivity index (χ1) is 9.49. The Balaban J connectivity index is 2.17. The van der Waals surface area contributed by atoms with E-state index in [2.05, 4.69) is 0 Å². The highest BCUT2D eigenvalue weighted by Crippen LogP contribution is 2.26. The highest BCUT2D eigenvalue weighted by Gasteiger charge is 2.14. The van der Waals surface area contributed by atoms with Crippen LogP contribution in [-0.4, -0.2) is 19.2 Å². The summed E-state index contributed by atoms with van der Waals surface area (Å²) >= 11 is 5.97. The standard InChI is InChI=1S/C16H17ClFNO/c1-19(2)12-8-6-11(7-9-12)16(20)10-13-14(17)4-3-5-15(13)18/h3-9,16,20H,10H2,1-2H3. The van der Waals surface area contributed by atoms with Gasteiger partial charge in [0.15, 0.2) is 0 Å². The summed E-state index contributed by atoms with van der Waals surface area (Å²) < 4.78 is 13.7. The number of aliphatic hydroxyl groups is 1. The second-order valence-electron chi connectivity index (χ2n) is 4.91. The average Bonchev–Trinajstić information content (AvgIpc) is 2.43. The minimum Gasteiger partial charge on any atom is -0.388 e. The number of rotatable bonds is 4. The number of nitrogens with zero attached hydrogens (tertiary/aromatic N) is 1. The molecule has 0 aliphatic rings. The molecule has 2 nitrogen and oxygen atoms in total. The molecule has 0 radical (unpaired) electrons. The zero-order chi connectivity index (χ0) is 14.7. The lowest BCUT2D eigenvalue weighted by Crippen LogP contribution is -2.09. The van der Waals surface area contributed by atoms with Crippen molar-refractivity contribution < 1.29 is 9.50 Å². The topological polar surface area (TPSA) is 23.5 Å². The van der Waals surface area contributed by atoms with Crippen LogP contribution in [0.3, 0.4) is 0 Å². The summed E-state index contributed by atoms with van der Waals surface area (Å²) in [5, 5.41) is 10.6. The summed E-state index contributed by atoms with van der Waals surface area (Å²) in [5.41, 5.74) is 2.14. The van der Waals surface area contributed by atoms with Crippen LogP contribution < -0.4 is 4.90 Å². The van der Waals surface area contributed by atoms with Crippen LogP contribution in [0, 0.1) is 5.82 Å². The van der Waals surface area contributed by atoms with Crippen molar-refractivity contribution in [2.45, 2.75) is 12.5 Å². The Labute approximate surface area is 123 Å². The molecule has 1 N–H and O–H groups in total. The average molecular weight is 294 g/mol. The molecule has 0 aromatic heterocycles. The maximum atomic E-state index is 13.7. The van der Waals surface area contributed by atoms with E-state index in [1.54, 1.807) is 12.1 Å². The van der Waals surface area contributed by atoms with E-state index >= 15 is 0 Å². The Morgan fingerprint density at radius 3 is 2.35 bits per heavy atom. The second kappa shape index (κ2) is 6.25. The lowest BCUT2D eigenvalue weighted by molar-refractivity contribution is 0.177. The van der Waals surface area contributed by atoms with Crippen molar-refractivity contribution in [3.63, 3.8) is 0 Å². The maximum Gasteiger partial charge on any atom is 0.127 e. The molecule has 0 saturated heterocycles. The first-order valence-electron chi connectivity index (χ1n) is 6.37. The lowest BCUT2D eigenvalue weighted by atomic mass is 10.0. The van der Waals surface area contributed by atoms with Crippen molar-refractivity contribution >= 4 is 17.3 Å². The van der Waals surface area contributed by atoms with E-state index in [0.29, 0.717) is 10.6 Å². The smallest absolute Gasteiger partial charge is 0.127 e. The third-order valence-corrected chi connectivity index (χ3v) is 3.61. The van der Waals surface area contributed by atoms with Crippen molar-refractivity contribution in [1.29, 1.82) is 0 Å². The molecule has 0 amide bonds. The predicted molar refractivity (Wildman–Crippen MR) is 80.8 cm³/mol. The van der Waals surface area contributed by atoms with Crippen molar-refractivity contribution in [3.8, 4) is 0 Å². The molecule has 1 atom stereocenters. The molecule has 0 spiro atoms. The van der Waals surface area contributed by atoms with Crippen LogP contribution in [0.25, 0.3) is 0 Å². The minimum atomic E-state index is -0.777. The molecule has 0 bridgehead atoms. The van der Waals surface area contributed by atoms with E-state index in [4.69, 9.17) is 11.6 Å². The number of aliphatic hydroxyl groups excluding tert-OH is 1. The summed E-state index contributed by atoms with van der Waals surface area (Å²) in [7, 11) is 3.90. The molecular formula is C16H17ClFNO. The van der Waals surface area contributed by atoms with Gasteiger partial charge < -0.3 is 10.0 Å². The largest absolute Gasteiger partial charge is 0.388 e. The summed E-state index contributed by atoms with van der Waals surface area (Å²) in [6.07, 6.45) is -0.618. The van der Waals surface area contributed by atoms with Crippen molar-refractivity contribution in [2.75, 3.05) is 19.0 Å². The van der Waals surface area contributed by atoms with E-state index in [1.807, 2.05) is 43.3 Å². The van der Waals surface area contributed by atoms with Gasteiger partial charge in [-0.3, -0.25) is 0 Å². The molecule has 2 aromatic rings. The molecule has 2 rings (SSSR count). The number of hydrogen-bond acceptors (Lipinski definition) is 2. The van der Waals surface area contributed by atoms with Crippen LogP contribution >= 0.6 is 11.6 Å². The second-order valence-corrected chi connectivity index (χ2v) is 5.31. The van der Waals surface area contributed by atoms with Gasteiger partial charge in [0.25, 0.3) is 0 Å². The fourth-order valence-corrected chi connectivity index (χ4v) is 2.27. The monoisotopic (exact) mass is 293 g/mol. The summed E-state index contributed by atoms with van der Waals surface area (Å²) in [5.74, 6) is -0.388. The summed E-state index contributed by atoms with van der Waals surface area (Å²) in [6, 6.07) is 12.1. The normalized spacial score (nSPS) is 12.2. The molecule has 0 heterocycles. The van der Waals surface area contributed by atoms with Crippen LogP contribution in [0.4, 0.5) is 10.1 Å². The van der Waals surface area contributed by atoms with Gasteiger partial charge in [-0.25, -0.2) is 4.39 Å². The van der Waals surface area contributed by atoms with E-state index in [-0.39, 0.29) is 12.2 Å². The van der Waals surface area contributed by atoms with Crippen molar-refractivity contribution in [2.24, 2.45) is 0 Å². The molecular weight excluding hydrogens is 277 g/mol. The number of anilines is 1. The Kier molecular flexibility index (Phi) is 4.63. The predicted octanol–water partition coefficient (Wildman–Crippen LogP) is 3.82. The first kappa shape index (κ1) is 14.8. The summed E-state index contributed by atoms with van der Waals surface area (Å²) in [4.78, 5) is 1.98. The van der Waals surface area contributed by atoms with Crippen LogP contribution in [0.15, 0.2) is 42.5 Å². The fourth-order valence-electron chi connectivity index (χ4n) is 2.03. The number of benzene rings is 2. The van der Waals surface area contributed by atoms with E-state index in [0.717, 1.165) is 11.3 Å². The van der Waals surface area contributed by atoms with E-state index in [9.17, 15) is 9.50 Å². The van der Waals surface area contributed by atoms with E-state index in [1.165, 1.54) is 6.07 Å². The Bertz CT molecular complexity index is 563. The van der Waals surface area contributed by atoms with Gasteiger partial charge >= 0.3 is 0 Å². The third kappa shape index (κ3) is 3.30. The molecule has 106 valence electrons. The molecule has 0 saturated carbocycles. The Morgan fingerprint density at radius 1 is 1.15 bits per heavy atom. The zero-order valence-electron chi connectivity index (χ0n) is 11.5. The van der Waals surface area contributed by atoms with Gasteiger partial charge in [0.2, 0.25) is 0 Å². The zero-order valence-corrected chi connectivity index (χ0v) is 12.2. The molecule has 0 aliphatic heterocycles. The third-order valence-electron chi connectivity index (χ3n) is 3.25. The van der Waals surface area contributed by atoms with E-state index < -0.39 is 6.10 Å². The van der Waals surface area contributed by atoms with Gasteiger partial charge in [-0.05, 0) is 29.8 Å². The minimum absolute atomic E-state index is 0.160. The molecule has 2 aromatic carbocycles. The Morgan fingerprint density at radius 2 is 1.80 bits per heavy atom. The van der Waals surface area contributed by atoms with Crippen LogP contribution in [0.1, 0.15) is 17.2 Å². The molecule has 4 heteroatoms. The molecule has 20 heavy (non-hydrogen) atoms. The molecule has 0 fully saturated rings. The van der Waals surface area contributed by atoms with Crippen LogP contribution in [0.5, 0.6) is 0 Å². The first-order valence-corrected chi connectivity index (χ1v) is 6.75. The van der Waals surface area contributed by atoms with Gasteiger partial charge in [-0.2, -0.15) is 0 Å². The number of halogens is 2. The van der Waals surface area contributed by atoms with Gasteiger partial charge in [0.1, 0.15) is 5.82 Å². The van der Waals surface area contributed by atoms with Crippen molar-refractivity contribution in [1.82, 2.24) is 0 Å². The van der Waals surface area contributed by atoms with Crippen LogP contribution in [-0.2, 0) is 6.42 Å². The molecule has 0 aliphatic carbocycles. The van der Waals surface area contributed by atoms with Gasteiger partial charge in [0, 0.05) is 36.8 Å². The van der Waals surface area contributed by atoms with Crippen molar-refractivity contribution in [3.05, 3.63) is 64.4 Å². The van der Waals surface area contributed by atoms with Gasteiger partial charge in [-0.15, -0.1) is 0 Å². The van der Waals surface area contributed by atoms with Gasteiger partial charge in [0.05, 0.1) is 6.10 Å². The highest BCUT2D eigenvalue weighted by atomic mass is 35.5. The SMILES string of the molecule is CN(C)c1ccc(C(O)Cc2c(F)cccc2Cl)cc1. The number of hydrogen-bond donors (Lipinski definition) is 1. The lowest BCUT2D eigenvalue weighted by Gasteiger charge is -2.16. The van der Waals surface area contributed by atoms with Crippen LogP contribution in [0.2, 0.25) is 5.02 Å². The summed E-state index contributed by atoms with van der Waals surface area (Å²) in [6.45, 7) is 0. The fraction of sp³-hybridized carbons (Fsp3) is 0.250. The quantitative estimate of drug-likeness (QED) is 0.926.